The Morgan fingerprint density at radius 3 is 2.46 bits per heavy atom. The highest BCUT2D eigenvalue weighted by molar-refractivity contribution is 7.99. The zero-order chi connectivity index (χ0) is 17.2. The summed E-state index contributed by atoms with van der Waals surface area (Å²) < 4.78 is 0. The molecule has 2 aromatic carbocycles. The number of rotatable bonds is 9. The third kappa shape index (κ3) is 5.68. The number of ketones is 1. The minimum Gasteiger partial charge on any atom is -0.289 e. The van der Waals surface area contributed by atoms with Crippen LogP contribution in [0.1, 0.15) is 54.6 Å². The molecule has 0 unspecified atom stereocenters. The van der Waals surface area contributed by atoms with Crippen molar-refractivity contribution in [1.29, 1.82) is 0 Å². The first-order valence-corrected chi connectivity index (χ1v) is 9.76. The Morgan fingerprint density at radius 1 is 1.00 bits per heavy atom. The summed E-state index contributed by atoms with van der Waals surface area (Å²) in [6.45, 7) is 4.35. The molecule has 0 spiro atoms. The maximum Gasteiger partial charge on any atom is 0.185 e. The van der Waals surface area contributed by atoms with E-state index in [1.54, 1.807) is 17.8 Å². The van der Waals surface area contributed by atoms with Gasteiger partial charge >= 0.3 is 0 Å². The molecule has 0 bridgehead atoms. The number of unbranched alkanes of at least 4 members (excludes halogenated alkanes) is 2. The Hall–Kier alpha value is -1.80. The lowest BCUT2D eigenvalue weighted by atomic mass is 10.0. The highest BCUT2D eigenvalue weighted by Gasteiger charge is 2.03. The molecule has 0 radical (unpaired) electrons. The van der Waals surface area contributed by atoms with Crippen LogP contribution in [0.3, 0.4) is 0 Å². The van der Waals surface area contributed by atoms with Crippen molar-refractivity contribution in [2.45, 2.75) is 44.4 Å². The Balaban J connectivity index is 2.05. The second-order valence-corrected chi connectivity index (χ2v) is 7.15. The van der Waals surface area contributed by atoms with Gasteiger partial charge in [-0.25, -0.2) is 0 Å². The van der Waals surface area contributed by atoms with Crippen molar-refractivity contribution in [3.63, 3.8) is 0 Å². The maximum absolute atomic E-state index is 12.4. The number of hydrogen-bond donors (Lipinski definition) is 0. The van der Waals surface area contributed by atoms with Crippen LogP contribution in [-0.4, -0.2) is 11.5 Å². The van der Waals surface area contributed by atoms with Gasteiger partial charge < -0.3 is 0 Å². The van der Waals surface area contributed by atoms with Gasteiger partial charge in [0.15, 0.2) is 5.78 Å². The lowest BCUT2D eigenvalue weighted by Crippen LogP contribution is -1.95. The number of allylic oxidation sites excluding steroid dienone is 1. The molecule has 0 aliphatic rings. The predicted molar refractivity (Wildman–Crippen MR) is 106 cm³/mol. The molecule has 0 fully saturated rings. The number of thioether (sulfide) groups is 1. The smallest absolute Gasteiger partial charge is 0.185 e. The van der Waals surface area contributed by atoms with E-state index in [-0.39, 0.29) is 5.78 Å². The zero-order valence-electron chi connectivity index (χ0n) is 14.6. The second-order valence-electron chi connectivity index (χ2n) is 5.81. The summed E-state index contributed by atoms with van der Waals surface area (Å²) in [5, 5.41) is 0. The number of hydrogen-bond acceptors (Lipinski definition) is 2. The van der Waals surface area contributed by atoms with Crippen LogP contribution in [-0.2, 0) is 6.42 Å². The molecule has 2 rings (SSSR count). The van der Waals surface area contributed by atoms with E-state index >= 15 is 0 Å². The summed E-state index contributed by atoms with van der Waals surface area (Å²) >= 11 is 1.79. The van der Waals surface area contributed by atoms with Gasteiger partial charge in [-0.1, -0.05) is 57.0 Å². The van der Waals surface area contributed by atoms with Crippen molar-refractivity contribution in [2.75, 3.05) is 5.75 Å². The lowest BCUT2D eigenvalue weighted by molar-refractivity contribution is 0.104. The zero-order valence-corrected chi connectivity index (χ0v) is 15.4. The van der Waals surface area contributed by atoms with E-state index < -0.39 is 0 Å². The van der Waals surface area contributed by atoms with E-state index in [9.17, 15) is 4.79 Å². The Kier molecular flexibility index (Phi) is 7.84. The van der Waals surface area contributed by atoms with E-state index in [1.165, 1.54) is 29.7 Å². The Bertz CT molecular complexity index is 671. The minimum atomic E-state index is 0.0615. The van der Waals surface area contributed by atoms with Gasteiger partial charge in [0.05, 0.1) is 0 Å². The molecule has 0 N–H and O–H groups in total. The molecule has 0 aromatic heterocycles. The fourth-order valence-corrected chi connectivity index (χ4v) is 3.30. The third-order valence-corrected chi connectivity index (χ3v) is 4.86. The van der Waals surface area contributed by atoms with Gasteiger partial charge in [-0.3, -0.25) is 4.79 Å². The van der Waals surface area contributed by atoms with Crippen molar-refractivity contribution in [1.82, 2.24) is 0 Å². The molecule has 0 saturated heterocycles. The normalized spacial score (nSPS) is 11.1. The standard InChI is InChI=1S/C22H26OS/c1-3-5-6-9-18-10-7-8-11-19(18)14-17-22(23)20-12-15-21(16-13-20)24-4-2/h7-8,10-17H,3-6,9H2,1-2H3. The van der Waals surface area contributed by atoms with Crippen molar-refractivity contribution >= 4 is 23.6 Å². The summed E-state index contributed by atoms with van der Waals surface area (Å²) in [7, 11) is 0. The molecule has 0 heterocycles. The largest absolute Gasteiger partial charge is 0.289 e. The van der Waals surface area contributed by atoms with Crippen LogP contribution in [0.2, 0.25) is 0 Å². The second kappa shape index (κ2) is 10.1. The number of carbonyl (C=O) groups excluding carboxylic acids is 1. The lowest BCUT2D eigenvalue weighted by Gasteiger charge is -2.05. The number of carbonyl (C=O) groups is 1. The topological polar surface area (TPSA) is 17.1 Å². The van der Waals surface area contributed by atoms with E-state index in [2.05, 4.69) is 32.0 Å². The van der Waals surface area contributed by atoms with Crippen LogP contribution >= 0.6 is 11.8 Å². The molecule has 2 heteroatoms. The van der Waals surface area contributed by atoms with Gasteiger partial charge in [0.25, 0.3) is 0 Å². The first-order valence-electron chi connectivity index (χ1n) is 8.77. The fraction of sp³-hybridized carbons (Fsp3) is 0.318. The molecule has 0 aliphatic carbocycles. The number of benzene rings is 2. The molecule has 2 aromatic rings. The predicted octanol–water partition coefficient (Wildman–Crippen LogP) is 6.43. The summed E-state index contributed by atoms with van der Waals surface area (Å²) in [6.07, 6.45) is 8.40. The van der Waals surface area contributed by atoms with Crippen molar-refractivity contribution in [3.05, 3.63) is 71.3 Å². The van der Waals surface area contributed by atoms with E-state index in [1.807, 2.05) is 36.4 Å². The molecule has 24 heavy (non-hydrogen) atoms. The Morgan fingerprint density at radius 2 is 1.75 bits per heavy atom. The molecule has 0 aliphatic heterocycles. The van der Waals surface area contributed by atoms with Crippen LogP contribution < -0.4 is 0 Å². The fourth-order valence-electron chi connectivity index (χ4n) is 2.63. The van der Waals surface area contributed by atoms with Gasteiger partial charge in [0.1, 0.15) is 0 Å². The average Bonchev–Trinajstić information content (AvgIpc) is 2.62. The van der Waals surface area contributed by atoms with Gasteiger partial charge in [-0.15, -0.1) is 11.8 Å². The van der Waals surface area contributed by atoms with Crippen LogP contribution in [0.25, 0.3) is 6.08 Å². The van der Waals surface area contributed by atoms with Gasteiger partial charge in [-0.05, 0) is 60.1 Å². The summed E-state index contributed by atoms with van der Waals surface area (Å²) in [4.78, 5) is 13.6. The van der Waals surface area contributed by atoms with Crippen molar-refractivity contribution in [2.24, 2.45) is 0 Å². The highest BCUT2D eigenvalue weighted by Crippen LogP contribution is 2.19. The molecule has 0 saturated carbocycles. The molecular weight excluding hydrogens is 312 g/mol. The van der Waals surface area contributed by atoms with Crippen molar-refractivity contribution < 1.29 is 4.79 Å². The van der Waals surface area contributed by atoms with E-state index in [4.69, 9.17) is 0 Å². The molecule has 0 amide bonds. The van der Waals surface area contributed by atoms with Crippen molar-refractivity contribution in [3.8, 4) is 0 Å². The first kappa shape index (κ1) is 18.5. The minimum absolute atomic E-state index is 0.0615. The van der Waals surface area contributed by atoms with Gasteiger partial charge in [-0.2, -0.15) is 0 Å². The van der Waals surface area contributed by atoms with Crippen LogP contribution in [0.15, 0.2) is 59.5 Å². The molecule has 0 atom stereocenters. The Labute approximate surface area is 150 Å². The van der Waals surface area contributed by atoms with Crippen LogP contribution in [0.4, 0.5) is 0 Å². The quantitative estimate of drug-likeness (QED) is 0.227. The highest BCUT2D eigenvalue weighted by atomic mass is 32.2. The third-order valence-electron chi connectivity index (χ3n) is 3.97. The average molecular weight is 339 g/mol. The van der Waals surface area contributed by atoms with E-state index in [0.29, 0.717) is 0 Å². The summed E-state index contributed by atoms with van der Waals surface area (Å²) in [5.41, 5.74) is 3.22. The first-order chi connectivity index (χ1) is 11.7. The number of aryl methyl sites for hydroxylation is 1. The molecular formula is C22H26OS. The maximum atomic E-state index is 12.4. The molecule has 1 nitrogen and oxygen atoms in total. The van der Waals surface area contributed by atoms with E-state index in [0.717, 1.165) is 23.3 Å². The molecule has 126 valence electrons. The summed E-state index contributed by atoms with van der Waals surface area (Å²) in [6, 6.07) is 16.2. The van der Waals surface area contributed by atoms with Crippen LogP contribution in [0.5, 0.6) is 0 Å². The monoisotopic (exact) mass is 338 g/mol. The summed E-state index contributed by atoms with van der Waals surface area (Å²) in [5.74, 6) is 1.11. The van der Waals surface area contributed by atoms with Gasteiger partial charge in [0.2, 0.25) is 0 Å². The van der Waals surface area contributed by atoms with Crippen LogP contribution in [0, 0.1) is 0 Å². The SMILES string of the molecule is CCCCCc1ccccc1C=CC(=O)c1ccc(SCC)cc1. The van der Waals surface area contributed by atoms with Gasteiger partial charge in [0, 0.05) is 10.5 Å².